The molecule has 2 aromatic carbocycles. The summed E-state index contributed by atoms with van der Waals surface area (Å²) in [5, 5.41) is 8.99. The molecule has 0 bridgehead atoms. The maximum absolute atomic E-state index is 11.9. The molecule has 1 N–H and O–H groups in total. The Morgan fingerprint density at radius 2 is 1.37 bits per heavy atom. The van der Waals surface area contributed by atoms with Gasteiger partial charge in [-0.25, -0.2) is 4.79 Å². The van der Waals surface area contributed by atoms with Crippen molar-refractivity contribution >= 4 is 35.0 Å². The van der Waals surface area contributed by atoms with Crippen LogP contribution in [0.5, 0.6) is 0 Å². The Morgan fingerprint density at radius 1 is 0.895 bits per heavy atom. The first-order valence-electron chi connectivity index (χ1n) is 5.62. The average Bonchev–Trinajstić information content (AvgIpc) is 2.43. The van der Waals surface area contributed by atoms with Gasteiger partial charge in [0.05, 0.1) is 11.4 Å². The van der Waals surface area contributed by atoms with Gasteiger partial charge in [0.25, 0.3) is 0 Å². The molecule has 1 aliphatic rings. The summed E-state index contributed by atoms with van der Waals surface area (Å²) in [5.74, 6) is -2.41. The quantitative estimate of drug-likeness (QED) is 0.748. The first-order chi connectivity index (χ1) is 9.18. The Morgan fingerprint density at radius 3 is 1.84 bits per heavy atom. The molecule has 4 nitrogen and oxygen atoms in total. The second kappa shape index (κ2) is 4.44. The third-order valence-corrected chi connectivity index (χ3v) is 3.95. The molecule has 5 heteroatoms. The van der Waals surface area contributed by atoms with Gasteiger partial charge in [-0.15, -0.1) is 0 Å². The van der Waals surface area contributed by atoms with Crippen molar-refractivity contribution in [2.45, 2.75) is 9.79 Å². The molecule has 1 heterocycles. The number of carboxylic acid groups (broad SMARTS) is 1. The molecule has 3 rings (SSSR count). The van der Waals surface area contributed by atoms with Gasteiger partial charge >= 0.3 is 11.9 Å². The molecular formula is C14H9NO3S. The number of amides is 1. The molecule has 94 valence electrons. The molecule has 19 heavy (non-hydrogen) atoms. The van der Waals surface area contributed by atoms with Crippen LogP contribution >= 0.6 is 11.8 Å². The zero-order valence-corrected chi connectivity index (χ0v) is 10.6. The first-order valence-corrected chi connectivity index (χ1v) is 6.43. The standard InChI is InChI=1S/C14H9NO3S/c16-13(14(17)18)15-9-5-1-3-7-11(9)19-12-8-4-2-6-10(12)15/h1-8H,(H,17,18). The fraction of sp³-hybridized carbons (Fsp3) is 0. The number of carbonyl (C=O) groups is 2. The van der Waals surface area contributed by atoms with Gasteiger partial charge in [0.1, 0.15) is 0 Å². The maximum atomic E-state index is 11.9. The van der Waals surface area contributed by atoms with Crippen LogP contribution in [0, 0.1) is 0 Å². The summed E-state index contributed by atoms with van der Waals surface area (Å²) < 4.78 is 0. The number of hydrogen-bond donors (Lipinski definition) is 1. The number of para-hydroxylation sites is 2. The van der Waals surface area contributed by atoms with E-state index in [4.69, 9.17) is 5.11 Å². The number of carbonyl (C=O) groups excluding carboxylic acids is 1. The lowest BCUT2D eigenvalue weighted by Crippen LogP contribution is -2.34. The molecule has 0 aromatic heterocycles. The molecule has 0 atom stereocenters. The van der Waals surface area contributed by atoms with E-state index in [1.54, 1.807) is 24.3 Å². The monoisotopic (exact) mass is 271 g/mol. The third-order valence-electron chi connectivity index (χ3n) is 2.82. The lowest BCUT2D eigenvalue weighted by molar-refractivity contribution is -0.148. The molecule has 0 saturated heterocycles. The van der Waals surface area contributed by atoms with Crippen LogP contribution in [0.1, 0.15) is 0 Å². The van der Waals surface area contributed by atoms with Gasteiger partial charge < -0.3 is 5.11 Å². The highest BCUT2D eigenvalue weighted by Gasteiger charge is 2.31. The van der Waals surface area contributed by atoms with Gasteiger partial charge in [0, 0.05) is 9.79 Å². The van der Waals surface area contributed by atoms with E-state index in [-0.39, 0.29) is 0 Å². The van der Waals surface area contributed by atoms with E-state index < -0.39 is 11.9 Å². The number of aliphatic carboxylic acids is 1. The normalized spacial score (nSPS) is 12.5. The lowest BCUT2D eigenvalue weighted by atomic mass is 10.2. The highest BCUT2D eigenvalue weighted by atomic mass is 32.2. The molecule has 0 spiro atoms. The smallest absolute Gasteiger partial charge is 0.395 e. The van der Waals surface area contributed by atoms with Gasteiger partial charge in [-0.1, -0.05) is 36.0 Å². The Hall–Kier alpha value is -2.27. The molecule has 1 aliphatic heterocycles. The number of hydrogen-bond acceptors (Lipinski definition) is 3. The molecule has 1 amide bonds. The Balaban J connectivity index is 2.22. The van der Waals surface area contributed by atoms with Crippen molar-refractivity contribution in [2.24, 2.45) is 0 Å². The summed E-state index contributed by atoms with van der Waals surface area (Å²) in [4.78, 5) is 26.0. The number of anilines is 2. The maximum Gasteiger partial charge on any atom is 0.395 e. The molecule has 0 fully saturated rings. The molecular weight excluding hydrogens is 262 g/mol. The molecule has 0 unspecified atom stereocenters. The van der Waals surface area contributed by atoms with E-state index >= 15 is 0 Å². The summed E-state index contributed by atoms with van der Waals surface area (Å²) in [7, 11) is 0. The molecule has 0 aliphatic carbocycles. The van der Waals surface area contributed by atoms with Crippen LogP contribution in [0.2, 0.25) is 0 Å². The lowest BCUT2D eigenvalue weighted by Gasteiger charge is -2.29. The topological polar surface area (TPSA) is 57.6 Å². The van der Waals surface area contributed by atoms with Crippen LogP contribution in [0.3, 0.4) is 0 Å². The third kappa shape index (κ3) is 1.88. The van der Waals surface area contributed by atoms with Crippen LogP contribution in [-0.2, 0) is 9.59 Å². The Kier molecular flexibility index (Phi) is 2.76. The van der Waals surface area contributed by atoms with E-state index in [1.807, 2.05) is 24.3 Å². The first kappa shape index (κ1) is 11.8. The summed E-state index contributed by atoms with van der Waals surface area (Å²) in [6.07, 6.45) is 0. The van der Waals surface area contributed by atoms with E-state index in [0.29, 0.717) is 11.4 Å². The van der Waals surface area contributed by atoms with Crippen molar-refractivity contribution in [1.82, 2.24) is 0 Å². The van der Waals surface area contributed by atoms with E-state index in [1.165, 1.54) is 16.7 Å². The minimum absolute atomic E-state index is 0.610. The minimum Gasteiger partial charge on any atom is -0.474 e. The van der Waals surface area contributed by atoms with Crippen LogP contribution < -0.4 is 4.90 Å². The summed E-state index contributed by atoms with van der Waals surface area (Å²) in [6, 6.07) is 14.5. The number of benzene rings is 2. The fourth-order valence-corrected chi connectivity index (χ4v) is 3.08. The molecule has 2 aromatic rings. The SMILES string of the molecule is O=C(O)C(=O)N1c2ccccc2Sc2ccccc21. The summed E-state index contributed by atoms with van der Waals surface area (Å²) >= 11 is 1.53. The molecule has 0 radical (unpaired) electrons. The van der Waals surface area contributed by atoms with Crippen molar-refractivity contribution < 1.29 is 14.7 Å². The van der Waals surface area contributed by atoms with E-state index in [9.17, 15) is 9.59 Å². The number of nitrogens with zero attached hydrogens (tertiary/aromatic N) is 1. The van der Waals surface area contributed by atoms with Crippen LogP contribution in [0.4, 0.5) is 11.4 Å². The number of carboxylic acids is 1. The van der Waals surface area contributed by atoms with Gasteiger partial charge in [0.2, 0.25) is 0 Å². The van der Waals surface area contributed by atoms with Crippen LogP contribution in [0.15, 0.2) is 58.3 Å². The highest BCUT2D eigenvalue weighted by molar-refractivity contribution is 7.99. The Labute approximate surface area is 113 Å². The van der Waals surface area contributed by atoms with Crippen molar-refractivity contribution in [1.29, 1.82) is 0 Å². The predicted octanol–water partition coefficient (Wildman–Crippen LogP) is 2.90. The van der Waals surface area contributed by atoms with Crippen LogP contribution in [-0.4, -0.2) is 17.0 Å². The van der Waals surface area contributed by atoms with Crippen molar-refractivity contribution in [3.63, 3.8) is 0 Å². The van der Waals surface area contributed by atoms with E-state index in [0.717, 1.165) is 9.79 Å². The van der Waals surface area contributed by atoms with Gasteiger partial charge in [-0.05, 0) is 24.3 Å². The number of fused-ring (bicyclic) bond motifs is 2. The number of rotatable bonds is 0. The van der Waals surface area contributed by atoms with Crippen molar-refractivity contribution in [3.8, 4) is 0 Å². The highest BCUT2D eigenvalue weighted by Crippen LogP contribution is 2.47. The Bertz CT molecular complexity index is 638. The minimum atomic E-state index is -1.46. The second-order valence-electron chi connectivity index (χ2n) is 3.98. The average molecular weight is 271 g/mol. The fourth-order valence-electron chi connectivity index (χ4n) is 2.02. The van der Waals surface area contributed by atoms with E-state index in [2.05, 4.69) is 0 Å². The van der Waals surface area contributed by atoms with Gasteiger partial charge in [-0.2, -0.15) is 0 Å². The second-order valence-corrected chi connectivity index (χ2v) is 5.07. The zero-order chi connectivity index (χ0) is 13.4. The molecule has 0 saturated carbocycles. The predicted molar refractivity (Wildman–Crippen MR) is 71.8 cm³/mol. The summed E-state index contributed by atoms with van der Waals surface area (Å²) in [6.45, 7) is 0. The summed E-state index contributed by atoms with van der Waals surface area (Å²) in [5.41, 5.74) is 1.22. The van der Waals surface area contributed by atoms with Crippen molar-refractivity contribution in [2.75, 3.05) is 4.90 Å². The van der Waals surface area contributed by atoms with Crippen molar-refractivity contribution in [3.05, 3.63) is 48.5 Å². The largest absolute Gasteiger partial charge is 0.474 e. The zero-order valence-electron chi connectivity index (χ0n) is 9.74. The van der Waals surface area contributed by atoms with Crippen LogP contribution in [0.25, 0.3) is 0 Å². The van der Waals surface area contributed by atoms with Gasteiger partial charge in [-0.3, -0.25) is 9.69 Å². The van der Waals surface area contributed by atoms with Gasteiger partial charge in [0.15, 0.2) is 0 Å².